The van der Waals surface area contributed by atoms with Crippen molar-refractivity contribution in [2.75, 3.05) is 14.2 Å². The van der Waals surface area contributed by atoms with Crippen molar-refractivity contribution in [1.29, 1.82) is 0 Å². The highest BCUT2D eigenvalue weighted by Crippen LogP contribution is 2.24. The molecule has 0 radical (unpaired) electrons. The van der Waals surface area contributed by atoms with Gasteiger partial charge in [0.1, 0.15) is 11.6 Å². The average Bonchev–Trinajstić information content (AvgIpc) is 2.45. The summed E-state index contributed by atoms with van der Waals surface area (Å²) in [6, 6.07) is 7.66. The number of rotatable bonds is 5. The molecule has 2 aromatic carbocycles. The van der Waals surface area contributed by atoms with Crippen molar-refractivity contribution in [1.82, 2.24) is 5.32 Å². The van der Waals surface area contributed by atoms with Crippen molar-refractivity contribution < 1.29 is 17.9 Å². The predicted octanol–water partition coefficient (Wildman–Crippen LogP) is 3.62. The molecule has 0 saturated heterocycles. The zero-order valence-corrected chi connectivity index (χ0v) is 11.8. The molecule has 0 aliphatic rings. The Kier molecular flexibility index (Phi) is 4.85. The van der Waals surface area contributed by atoms with Crippen LogP contribution >= 0.6 is 0 Å². The van der Waals surface area contributed by atoms with Gasteiger partial charge in [-0.3, -0.25) is 0 Å². The Morgan fingerprint density at radius 2 is 1.81 bits per heavy atom. The molecule has 0 amide bonds. The largest absolute Gasteiger partial charge is 0.494 e. The number of hydrogen-bond donors (Lipinski definition) is 1. The summed E-state index contributed by atoms with van der Waals surface area (Å²) in [5.41, 5.74) is 1.03. The van der Waals surface area contributed by atoms with E-state index < -0.39 is 17.5 Å². The molecule has 0 fully saturated rings. The third-order valence-electron chi connectivity index (χ3n) is 3.34. The van der Waals surface area contributed by atoms with Gasteiger partial charge < -0.3 is 10.1 Å². The predicted molar refractivity (Wildman–Crippen MR) is 74.8 cm³/mol. The third kappa shape index (κ3) is 3.55. The molecule has 0 aromatic heterocycles. The smallest absolute Gasteiger partial charge is 0.165 e. The Morgan fingerprint density at radius 1 is 1.05 bits per heavy atom. The third-order valence-corrected chi connectivity index (χ3v) is 3.34. The van der Waals surface area contributed by atoms with Gasteiger partial charge in [-0.15, -0.1) is 0 Å². The minimum absolute atomic E-state index is 0.160. The molecule has 1 N–H and O–H groups in total. The van der Waals surface area contributed by atoms with Crippen molar-refractivity contribution in [3.05, 3.63) is 65.0 Å². The molecule has 1 atom stereocenters. The van der Waals surface area contributed by atoms with Crippen LogP contribution in [0.15, 0.2) is 36.4 Å². The van der Waals surface area contributed by atoms with Gasteiger partial charge in [-0.1, -0.05) is 12.1 Å². The Hall–Kier alpha value is -2.01. The molecule has 2 nitrogen and oxygen atoms in total. The van der Waals surface area contributed by atoms with Crippen LogP contribution in [-0.4, -0.2) is 14.2 Å². The maximum absolute atomic E-state index is 13.8. The fourth-order valence-electron chi connectivity index (χ4n) is 2.22. The van der Waals surface area contributed by atoms with Crippen molar-refractivity contribution in [3.8, 4) is 5.75 Å². The summed E-state index contributed by atoms with van der Waals surface area (Å²) in [5, 5.41) is 2.96. The molecule has 112 valence electrons. The van der Waals surface area contributed by atoms with Crippen LogP contribution in [0.1, 0.15) is 17.2 Å². The number of methoxy groups -OCH3 is 1. The first-order chi connectivity index (χ1) is 10.0. The van der Waals surface area contributed by atoms with Gasteiger partial charge in [-0.05, 0) is 37.2 Å². The lowest BCUT2D eigenvalue weighted by Crippen LogP contribution is -2.20. The van der Waals surface area contributed by atoms with Crippen molar-refractivity contribution in [2.45, 2.75) is 12.5 Å². The second-order valence-corrected chi connectivity index (χ2v) is 4.68. The lowest BCUT2D eigenvalue weighted by Gasteiger charge is -2.18. The Labute approximate surface area is 121 Å². The first-order valence-electron chi connectivity index (χ1n) is 6.49. The van der Waals surface area contributed by atoms with Crippen LogP contribution in [0, 0.1) is 17.5 Å². The fourth-order valence-corrected chi connectivity index (χ4v) is 2.22. The van der Waals surface area contributed by atoms with Gasteiger partial charge in [-0.25, -0.2) is 13.2 Å². The van der Waals surface area contributed by atoms with Crippen LogP contribution in [0.4, 0.5) is 13.2 Å². The van der Waals surface area contributed by atoms with Crippen LogP contribution in [0.2, 0.25) is 0 Å². The van der Waals surface area contributed by atoms with E-state index >= 15 is 0 Å². The molecular formula is C16H16F3NO. The molecule has 0 spiro atoms. The lowest BCUT2D eigenvalue weighted by atomic mass is 9.98. The van der Waals surface area contributed by atoms with Gasteiger partial charge in [0, 0.05) is 17.7 Å². The number of halogens is 3. The SMILES string of the molecule is CNC(Cc1ccc(OC)c(F)c1)c1ccc(F)cc1F. The lowest BCUT2D eigenvalue weighted by molar-refractivity contribution is 0.386. The highest BCUT2D eigenvalue weighted by Gasteiger charge is 2.16. The van der Waals surface area contributed by atoms with E-state index in [9.17, 15) is 13.2 Å². The van der Waals surface area contributed by atoms with Crippen LogP contribution in [0.25, 0.3) is 0 Å². The zero-order chi connectivity index (χ0) is 15.4. The van der Waals surface area contributed by atoms with E-state index in [1.807, 2.05) is 0 Å². The summed E-state index contributed by atoms with van der Waals surface area (Å²) >= 11 is 0. The fraction of sp³-hybridized carbons (Fsp3) is 0.250. The number of benzene rings is 2. The van der Waals surface area contributed by atoms with Gasteiger partial charge in [-0.2, -0.15) is 0 Å². The molecule has 0 bridgehead atoms. The second kappa shape index (κ2) is 6.63. The monoisotopic (exact) mass is 295 g/mol. The summed E-state index contributed by atoms with van der Waals surface area (Å²) in [6.45, 7) is 0. The maximum atomic E-state index is 13.8. The van der Waals surface area contributed by atoms with Gasteiger partial charge in [0.05, 0.1) is 7.11 Å². The van der Waals surface area contributed by atoms with E-state index in [1.54, 1.807) is 13.1 Å². The second-order valence-electron chi connectivity index (χ2n) is 4.68. The molecule has 0 aliphatic heterocycles. The summed E-state index contributed by atoms with van der Waals surface area (Å²) in [6.07, 6.45) is 0.375. The highest BCUT2D eigenvalue weighted by atomic mass is 19.1. The quantitative estimate of drug-likeness (QED) is 0.909. The molecule has 1 unspecified atom stereocenters. The van der Waals surface area contributed by atoms with Gasteiger partial charge in [0.25, 0.3) is 0 Å². The van der Waals surface area contributed by atoms with E-state index in [4.69, 9.17) is 4.74 Å². The number of likely N-dealkylation sites (N-methyl/N-ethyl adjacent to an activating group) is 1. The standard InChI is InChI=1S/C16H16F3NO/c1-20-15(12-5-4-11(17)9-13(12)18)8-10-3-6-16(21-2)14(19)7-10/h3-7,9,15,20H,8H2,1-2H3. The van der Waals surface area contributed by atoms with Crippen molar-refractivity contribution in [3.63, 3.8) is 0 Å². The van der Waals surface area contributed by atoms with Crippen molar-refractivity contribution >= 4 is 0 Å². The minimum Gasteiger partial charge on any atom is -0.494 e. The summed E-state index contributed by atoms with van der Waals surface area (Å²) in [5.74, 6) is -1.55. The van der Waals surface area contributed by atoms with Crippen molar-refractivity contribution in [2.24, 2.45) is 0 Å². The zero-order valence-electron chi connectivity index (χ0n) is 11.8. The molecule has 0 aliphatic carbocycles. The Morgan fingerprint density at radius 3 is 2.38 bits per heavy atom. The van der Waals surface area contributed by atoms with Crippen LogP contribution in [0.3, 0.4) is 0 Å². The molecule has 21 heavy (non-hydrogen) atoms. The molecule has 2 aromatic rings. The summed E-state index contributed by atoms with van der Waals surface area (Å²) in [4.78, 5) is 0. The molecule has 0 saturated carbocycles. The summed E-state index contributed by atoms with van der Waals surface area (Å²) < 4.78 is 45.3. The summed E-state index contributed by atoms with van der Waals surface area (Å²) in [7, 11) is 3.07. The average molecular weight is 295 g/mol. The van der Waals surface area contributed by atoms with Crippen LogP contribution in [0.5, 0.6) is 5.75 Å². The van der Waals surface area contributed by atoms with Gasteiger partial charge in [0.2, 0.25) is 0 Å². The van der Waals surface area contributed by atoms with E-state index in [2.05, 4.69) is 5.32 Å². The molecule has 5 heteroatoms. The van der Waals surface area contributed by atoms with Crippen LogP contribution < -0.4 is 10.1 Å². The Balaban J connectivity index is 2.24. The van der Waals surface area contributed by atoms with Gasteiger partial charge >= 0.3 is 0 Å². The minimum atomic E-state index is -0.624. The molecule has 2 rings (SSSR count). The van der Waals surface area contributed by atoms with E-state index in [-0.39, 0.29) is 11.8 Å². The number of hydrogen-bond acceptors (Lipinski definition) is 2. The Bertz CT molecular complexity index is 631. The first kappa shape index (κ1) is 15.4. The van der Waals surface area contributed by atoms with E-state index in [0.717, 1.165) is 6.07 Å². The first-order valence-corrected chi connectivity index (χ1v) is 6.49. The van der Waals surface area contributed by atoms with E-state index in [1.165, 1.54) is 31.4 Å². The number of nitrogens with one attached hydrogen (secondary N) is 1. The maximum Gasteiger partial charge on any atom is 0.165 e. The molecule has 0 heterocycles. The highest BCUT2D eigenvalue weighted by molar-refractivity contribution is 5.31. The topological polar surface area (TPSA) is 21.3 Å². The van der Waals surface area contributed by atoms with E-state index in [0.29, 0.717) is 17.5 Å². The van der Waals surface area contributed by atoms with Crippen LogP contribution in [-0.2, 0) is 6.42 Å². The van der Waals surface area contributed by atoms with Gasteiger partial charge in [0.15, 0.2) is 11.6 Å². The molecular weight excluding hydrogens is 279 g/mol. The number of ether oxygens (including phenoxy) is 1. The normalized spacial score (nSPS) is 12.2.